The van der Waals surface area contributed by atoms with Crippen molar-refractivity contribution in [2.75, 3.05) is 11.0 Å². The fourth-order valence-electron chi connectivity index (χ4n) is 4.15. The second-order valence-electron chi connectivity index (χ2n) is 7.78. The van der Waals surface area contributed by atoms with Gasteiger partial charge in [0.05, 0.1) is 37.9 Å². The van der Waals surface area contributed by atoms with Crippen molar-refractivity contribution >= 4 is 62.0 Å². The number of aryl methyl sites for hydroxylation is 1. The molecule has 3 N–H and O–H groups in total. The molecule has 0 saturated heterocycles. The molecule has 0 bridgehead atoms. The van der Waals surface area contributed by atoms with Crippen LogP contribution in [0.15, 0.2) is 41.9 Å². The molecule has 0 radical (unpaired) electrons. The molecule has 3 aromatic heterocycles. The fourth-order valence-corrected chi connectivity index (χ4v) is 5.39. The smallest absolute Gasteiger partial charge is 0.170 e. The molecule has 0 aliphatic heterocycles. The molecule has 5 rings (SSSR count). The number of hydrogen-bond donors (Lipinski definition) is 2. The molecule has 0 aliphatic rings. The maximum absolute atomic E-state index is 13.8. The zero-order valence-corrected chi connectivity index (χ0v) is 20.5. The first-order valence-corrected chi connectivity index (χ1v) is 12.7. The Bertz CT molecular complexity index is 1510. The minimum atomic E-state index is -0.645. The van der Waals surface area contributed by atoms with Gasteiger partial charge in [-0.2, -0.15) is 5.10 Å². The maximum Gasteiger partial charge on any atom is 0.170 e. The summed E-state index contributed by atoms with van der Waals surface area (Å²) in [5.41, 5.74) is 12.4. The van der Waals surface area contributed by atoms with Crippen LogP contribution in [-0.4, -0.2) is 26.0 Å². The molecule has 2 aromatic carbocycles. The molecule has 5 aromatic rings. The standard InChI is InChI=1S/C23H19ClF2N6S2/c1-32-21-14(3-4-16(24)19(21)23(30-32)31-33-2)15-9-18-22(28-10-34-18)29-20(15)17(27)7-11-5-12(25)8-13(26)6-11/h3-6,8-10,17H,7,27H2,1-2H3,(H,30,31). The summed E-state index contributed by atoms with van der Waals surface area (Å²) >= 11 is 9.46. The third kappa shape index (κ3) is 4.11. The van der Waals surface area contributed by atoms with E-state index in [4.69, 9.17) is 22.3 Å². The van der Waals surface area contributed by atoms with E-state index >= 15 is 0 Å². The first kappa shape index (κ1) is 23.0. The number of fused-ring (bicyclic) bond motifs is 2. The van der Waals surface area contributed by atoms with Crippen LogP contribution in [0.1, 0.15) is 17.3 Å². The lowest BCUT2D eigenvalue weighted by molar-refractivity contribution is 0.576. The number of anilines is 1. The lowest BCUT2D eigenvalue weighted by Crippen LogP contribution is -2.17. The summed E-state index contributed by atoms with van der Waals surface area (Å²) in [6.45, 7) is 0. The summed E-state index contributed by atoms with van der Waals surface area (Å²) in [5.74, 6) is -0.633. The molecule has 34 heavy (non-hydrogen) atoms. The number of nitrogens with one attached hydrogen (secondary N) is 1. The number of hydrogen-bond acceptors (Lipinski definition) is 7. The van der Waals surface area contributed by atoms with E-state index in [1.165, 1.54) is 35.4 Å². The molecule has 6 nitrogen and oxygen atoms in total. The van der Waals surface area contributed by atoms with E-state index in [0.717, 1.165) is 32.8 Å². The Labute approximate surface area is 207 Å². The first-order valence-electron chi connectivity index (χ1n) is 10.2. The van der Waals surface area contributed by atoms with Gasteiger partial charge in [-0.25, -0.2) is 18.7 Å². The van der Waals surface area contributed by atoms with Gasteiger partial charge < -0.3 is 10.5 Å². The van der Waals surface area contributed by atoms with Crippen LogP contribution in [0.25, 0.3) is 32.4 Å². The van der Waals surface area contributed by atoms with Crippen LogP contribution >= 0.6 is 34.9 Å². The largest absolute Gasteiger partial charge is 0.322 e. The van der Waals surface area contributed by atoms with Crippen LogP contribution in [0, 0.1) is 11.6 Å². The Morgan fingerprint density at radius 2 is 1.94 bits per heavy atom. The summed E-state index contributed by atoms with van der Waals surface area (Å²) in [5, 5.41) is 5.95. The number of nitrogens with two attached hydrogens (primary N) is 1. The van der Waals surface area contributed by atoms with Crippen molar-refractivity contribution in [2.45, 2.75) is 12.5 Å². The molecule has 0 saturated carbocycles. The van der Waals surface area contributed by atoms with Crippen LogP contribution in [0.2, 0.25) is 5.02 Å². The van der Waals surface area contributed by atoms with Crippen molar-refractivity contribution in [3.05, 3.63) is 69.8 Å². The summed E-state index contributed by atoms with van der Waals surface area (Å²) in [6, 6.07) is 8.51. The number of rotatable bonds is 6. The highest BCUT2D eigenvalue weighted by Crippen LogP contribution is 2.40. The summed E-state index contributed by atoms with van der Waals surface area (Å²) in [6.07, 6.45) is 2.11. The second-order valence-corrected chi connectivity index (χ2v) is 9.69. The van der Waals surface area contributed by atoms with E-state index in [2.05, 4.69) is 14.8 Å². The minimum absolute atomic E-state index is 0.200. The number of nitrogens with zero attached hydrogens (tertiary/aromatic N) is 4. The van der Waals surface area contributed by atoms with E-state index in [9.17, 15) is 8.78 Å². The predicted octanol–water partition coefficient (Wildman–Crippen LogP) is 6.11. The Kier molecular flexibility index (Phi) is 6.15. The van der Waals surface area contributed by atoms with Crippen molar-refractivity contribution in [3.63, 3.8) is 0 Å². The molecular weight excluding hydrogens is 498 g/mol. The highest BCUT2D eigenvalue weighted by atomic mass is 35.5. The lowest BCUT2D eigenvalue weighted by Gasteiger charge is -2.17. The van der Waals surface area contributed by atoms with Gasteiger partial charge in [-0.3, -0.25) is 4.68 Å². The first-order chi connectivity index (χ1) is 16.4. The maximum atomic E-state index is 13.8. The normalized spacial score (nSPS) is 12.5. The van der Waals surface area contributed by atoms with Gasteiger partial charge in [0.2, 0.25) is 0 Å². The minimum Gasteiger partial charge on any atom is -0.322 e. The van der Waals surface area contributed by atoms with Crippen LogP contribution in [-0.2, 0) is 13.5 Å². The number of thiazole rings is 1. The molecule has 0 fully saturated rings. The summed E-state index contributed by atoms with van der Waals surface area (Å²) in [7, 11) is 1.85. The quantitative estimate of drug-likeness (QED) is 0.265. The summed E-state index contributed by atoms with van der Waals surface area (Å²) < 4.78 is 33.4. The number of aromatic nitrogens is 4. The van der Waals surface area contributed by atoms with E-state index in [1.807, 2.05) is 31.5 Å². The Morgan fingerprint density at radius 1 is 1.18 bits per heavy atom. The summed E-state index contributed by atoms with van der Waals surface area (Å²) in [4.78, 5) is 9.09. The van der Waals surface area contributed by atoms with E-state index in [0.29, 0.717) is 27.7 Å². The average Bonchev–Trinajstić information content (AvgIpc) is 3.37. The van der Waals surface area contributed by atoms with Gasteiger partial charge in [0, 0.05) is 30.5 Å². The Hall–Kier alpha value is -2.79. The number of pyridine rings is 1. The topological polar surface area (TPSA) is 81.7 Å². The Balaban J connectivity index is 1.71. The van der Waals surface area contributed by atoms with Crippen LogP contribution in [0.4, 0.5) is 14.6 Å². The molecule has 174 valence electrons. The molecule has 0 aliphatic carbocycles. The van der Waals surface area contributed by atoms with Crippen molar-refractivity contribution < 1.29 is 8.78 Å². The highest BCUT2D eigenvalue weighted by molar-refractivity contribution is 7.99. The van der Waals surface area contributed by atoms with Gasteiger partial charge in [-0.1, -0.05) is 29.6 Å². The zero-order valence-electron chi connectivity index (χ0n) is 18.1. The third-order valence-corrected chi connectivity index (χ3v) is 6.99. The highest BCUT2D eigenvalue weighted by Gasteiger charge is 2.23. The van der Waals surface area contributed by atoms with Gasteiger partial charge in [0.1, 0.15) is 11.6 Å². The van der Waals surface area contributed by atoms with Gasteiger partial charge in [0.15, 0.2) is 11.5 Å². The van der Waals surface area contributed by atoms with E-state index < -0.39 is 17.7 Å². The SMILES string of the molecule is CSNc1nn(C)c2c(-c3cc4scnc4nc3C(N)Cc3cc(F)cc(F)c3)ccc(Cl)c12. The van der Waals surface area contributed by atoms with E-state index in [1.54, 1.807) is 10.2 Å². The van der Waals surface area contributed by atoms with Crippen molar-refractivity contribution in [3.8, 4) is 11.1 Å². The molecule has 0 spiro atoms. The van der Waals surface area contributed by atoms with Crippen LogP contribution < -0.4 is 10.5 Å². The molecular formula is C23H19ClF2N6S2. The second kappa shape index (κ2) is 9.10. The van der Waals surface area contributed by atoms with Crippen LogP contribution in [0.3, 0.4) is 0 Å². The fraction of sp³-hybridized carbons (Fsp3) is 0.174. The Morgan fingerprint density at radius 3 is 2.68 bits per heavy atom. The molecule has 1 unspecified atom stereocenters. The van der Waals surface area contributed by atoms with Gasteiger partial charge in [0.25, 0.3) is 0 Å². The molecule has 3 heterocycles. The average molecular weight is 517 g/mol. The van der Waals surface area contributed by atoms with E-state index in [-0.39, 0.29) is 6.42 Å². The van der Waals surface area contributed by atoms with Gasteiger partial charge in [-0.15, -0.1) is 11.3 Å². The van der Waals surface area contributed by atoms with Crippen molar-refractivity contribution in [1.82, 2.24) is 19.7 Å². The monoisotopic (exact) mass is 516 g/mol. The third-order valence-electron chi connectivity index (χ3n) is 5.51. The predicted molar refractivity (Wildman–Crippen MR) is 136 cm³/mol. The van der Waals surface area contributed by atoms with Crippen molar-refractivity contribution in [2.24, 2.45) is 12.8 Å². The molecule has 0 amide bonds. The molecule has 1 atom stereocenters. The lowest BCUT2D eigenvalue weighted by atomic mass is 9.94. The number of benzene rings is 2. The number of halogens is 3. The van der Waals surface area contributed by atoms with Gasteiger partial charge >= 0.3 is 0 Å². The van der Waals surface area contributed by atoms with Crippen LogP contribution in [0.5, 0.6) is 0 Å². The van der Waals surface area contributed by atoms with Crippen molar-refractivity contribution in [1.29, 1.82) is 0 Å². The zero-order chi connectivity index (χ0) is 24.0. The van der Waals surface area contributed by atoms with Gasteiger partial charge in [-0.05, 0) is 36.2 Å². The molecule has 11 heteroatoms.